The quantitative estimate of drug-likeness (QED) is 0.892. The Balaban J connectivity index is 0.00000144. The second-order valence-electron chi connectivity index (χ2n) is 3.77. The van der Waals surface area contributed by atoms with Gasteiger partial charge < -0.3 is 19.7 Å². The summed E-state index contributed by atoms with van der Waals surface area (Å²) < 4.78 is 10.6. The third-order valence-electron chi connectivity index (χ3n) is 2.84. The summed E-state index contributed by atoms with van der Waals surface area (Å²) in [4.78, 5) is 2.33. The molecular weight excluding hydrogens is 240 g/mol. The Morgan fingerprint density at radius 1 is 1.12 bits per heavy atom. The molecule has 0 aromatic heterocycles. The van der Waals surface area contributed by atoms with Crippen LogP contribution in [-0.2, 0) is 0 Å². The van der Waals surface area contributed by atoms with Crippen LogP contribution in [0.2, 0.25) is 0 Å². The lowest BCUT2D eigenvalue weighted by atomic mass is 10.2. The van der Waals surface area contributed by atoms with Crippen LogP contribution >= 0.6 is 12.4 Å². The fraction of sp³-hybridized carbons (Fsp3) is 0.500. The van der Waals surface area contributed by atoms with E-state index in [2.05, 4.69) is 16.3 Å². The fourth-order valence-corrected chi connectivity index (χ4v) is 1.95. The van der Waals surface area contributed by atoms with Gasteiger partial charge in [0, 0.05) is 32.2 Å². The number of hydrogen-bond donors (Lipinski definition) is 1. The molecule has 0 unspecified atom stereocenters. The van der Waals surface area contributed by atoms with E-state index in [1.807, 2.05) is 12.1 Å². The maximum atomic E-state index is 5.40. The molecule has 1 aliphatic rings. The summed E-state index contributed by atoms with van der Waals surface area (Å²) in [6.07, 6.45) is 0. The van der Waals surface area contributed by atoms with E-state index in [1.165, 1.54) is 0 Å². The van der Waals surface area contributed by atoms with Crippen molar-refractivity contribution >= 4 is 18.1 Å². The van der Waals surface area contributed by atoms with Crippen molar-refractivity contribution in [3.63, 3.8) is 0 Å². The second kappa shape index (κ2) is 6.57. The third-order valence-corrected chi connectivity index (χ3v) is 2.84. The van der Waals surface area contributed by atoms with E-state index >= 15 is 0 Å². The van der Waals surface area contributed by atoms with E-state index in [4.69, 9.17) is 9.47 Å². The Hall–Kier alpha value is -1.13. The number of anilines is 1. The number of ether oxygens (including phenoxy) is 2. The van der Waals surface area contributed by atoms with Crippen LogP contribution in [0.3, 0.4) is 0 Å². The number of methoxy groups -OCH3 is 2. The van der Waals surface area contributed by atoms with Gasteiger partial charge in [0.2, 0.25) is 0 Å². The van der Waals surface area contributed by atoms with Crippen molar-refractivity contribution in [1.29, 1.82) is 0 Å². The maximum Gasteiger partial charge on any atom is 0.145 e. The molecule has 17 heavy (non-hydrogen) atoms. The molecule has 5 heteroatoms. The highest BCUT2D eigenvalue weighted by molar-refractivity contribution is 5.85. The van der Waals surface area contributed by atoms with Gasteiger partial charge in [0.05, 0.1) is 19.9 Å². The monoisotopic (exact) mass is 258 g/mol. The number of halogens is 1. The summed E-state index contributed by atoms with van der Waals surface area (Å²) in [5, 5.41) is 3.34. The number of rotatable bonds is 3. The van der Waals surface area contributed by atoms with Crippen LogP contribution in [0.5, 0.6) is 11.5 Å². The number of benzene rings is 1. The zero-order valence-electron chi connectivity index (χ0n) is 10.2. The Morgan fingerprint density at radius 3 is 2.41 bits per heavy atom. The summed E-state index contributed by atoms with van der Waals surface area (Å²) >= 11 is 0. The first-order chi connectivity index (χ1) is 7.85. The normalized spacial score (nSPS) is 15.1. The van der Waals surface area contributed by atoms with Crippen molar-refractivity contribution in [3.8, 4) is 11.5 Å². The molecule has 1 aromatic rings. The van der Waals surface area contributed by atoms with E-state index < -0.39 is 0 Å². The van der Waals surface area contributed by atoms with Crippen molar-refractivity contribution in [3.05, 3.63) is 18.2 Å². The van der Waals surface area contributed by atoms with Crippen LogP contribution in [0.25, 0.3) is 0 Å². The molecule has 0 radical (unpaired) electrons. The van der Waals surface area contributed by atoms with Crippen LogP contribution in [-0.4, -0.2) is 40.4 Å². The van der Waals surface area contributed by atoms with Crippen molar-refractivity contribution in [2.45, 2.75) is 0 Å². The topological polar surface area (TPSA) is 33.7 Å². The zero-order valence-corrected chi connectivity index (χ0v) is 11.0. The molecule has 2 rings (SSSR count). The smallest absolute Gasteiger partial charge is 0.145 e. The Kier molecular flexibility index (Phi) is 5.38. The van der Waals surface area contributed by atoms with Gasteiger partial charge in [-0.2, -0.15) is 0 Å². The molecule has 0 aliphatic carbocycles. The van der Waals surface area contributed by atoms with Crippen molar-refractivity contribution in [1.82, 2.24) is 5.32 Å². The van der Waals surface area contributed by atoms with Gasteiger partial charge in [0.15, 0.2) is 0 Å². The lowest BCUT2D eigenvalue weighted by molar-refractivity contribution is 0.393. The molecule has 96 valence electrons. The first-order valence-electron chi connectivity index (χ1n) is 5.53. The fourth-order valence-electron chi connectivity index (χ4n) is 1.95. The van der Waals surface area contributed by atoms with Gasteiger partial charge in [0.25, 0.3) is 0 Å². The molecule has 0 spiro atoms. The number of nitrogens with one attached hydrogen (secondary N) is 1. The Labute approximate surface area is 108 Å². The first kappa shape index (κ1) is 13.9. The average molecular weight is 259 g/mol. The summed E-state index contributed by atoms with van der Waals surface area (Å²) in [5.41, 5.74) is 1.14. The van der Waals surface area contributed by atoms with Crippen LogP contribution < -0.4 is 19.7 Å². The van der Waals surface area contributed by atoms with Crippen molar-refractivity contribution in [2.75, 3.05) is 45.3 Å². The van der Waals surface area contributed by atoms with Gasteiger partial charge in [-0.15, -0.1) is 12.4 Å². The summed E-state index contributed by atoms with van der Waals surface area (Å²) in [5.74, 6) is 1.71. The third kappa shape index (κ3) is 3.17. The average Bonchev–Trinajstić information content (AvgIpc) is 2.39. The van der Waals surface area contributed by atoms with E-state index in [0.29, 0.717) is 0 Å². The predicted molar refractivity (Wildman–Crippen MR) is 71.9 cm³/mol. The minimum absolute atomic E-state index is 0. The second-order valence-corrected chi connectivity index (χ2v) is 3.77. The summed E-state index contributed by atoms with van der Waals surface area (Å²) in [6, 6.07) is 5.96. The first-order valence-corrected chi connectivity index (χ1v) is 5.53. The van der Waals surface area contributed by atoms with Crippen LogP contribution in [0.15, 0.2) is 18.2 Å². The highest BCUT2D eigenvalue weighted by Gasteiger charge is 2.15. The molecule has 0 amide bonds. The highest BCUT2D eigenvalue weighted by atomic mass is 35.5. The summed E-state index contributed by atoms with van der Waals surface area (Å²) in [7, 11) is 3.36. The van der Waals surface area contributed by atoms with Gasteiger partial charge >= 0.3 is 0 Å². The Morgan fingerprint density at radius 2 is 1.82 bits per heavy atom. The molecule has 1 fully saturated rings. The van der Waals surface area contributed by atoms with E-state index in [0.717, 1.165) is 43.4 Å². The van der Waals surface area contributed by atoms with Crippen LogP contribution in [0, 0.1) is 0 Å². The molecule has 1 heterocycles. The molecule has 0 atom stereocenters. The molecule has 1 aliphatic heterocycles. The van der Waals surface area contributed by atoms with Gasteiger partial charge in [0.1, 0.15) is 11.5 Å². The number of piperazine rings is 1. The minimum atomic E-state index is 0. The number of hydrogen-bond acceptors (Lipinski definition) is 4. The standard InChI is InChI=1S/C12H18N2O2.ClH/c1-15-10-3-4-11(12(9-10)16-2)14-7-5-13-6-8-14;/h3-4,9,13H,5-8H2,1-2H3;1H. The highest BCUT2D eigenvalue weighted by Crippen LogP contribution is 2.32. The molecule has 0 bridgehead atoms. The van der Waals surface area contributed by atoms with Gasteiger partial charge in [-0.3, -0.25) is 0 Å². The predicted octanol–water partition coefficient (Wildman–Crippen LogP) is 1.54. The molecule has 1 saturated heterocycles. The zero-order chi connectivity index (χ0) is 11.4. The van der Waals surface area contributed by atoms with E-state index in [9.17, 15) is 0 Å². The van der Waals surface area contributed by atoms with Crippen molar-refractivity contribution < 1.29 is 9.47 Å². The lowest BCUT2D eigenvalue weighted by Gasteiger charge is -2.30. The van der Waals surface area contributed by atoms with Crippen LogP contribution in [0.1, 0.15) is 0 Å². The maximum absolute atomic E-state index is 5.40. The van der Waals surface area contributed by atoms with Crippen molar-refractivity contribution in [2.24, 2.45) is 0 Å². The van der Waals surface area contributed by atoms with Gasteiger partial charge in [-0.25, -0.2) is 0 Å². The molecular formula is C12H19ClN2O2. The van der Waals surface area contributed by atoms with Gasteiger partial charge in [-0.1, -0.05) is 0 Å². The molecule has 1 N–H and O–H groups in total. The van der Waals surface area contributed by atoms with Gasteiger partial charge in [-0.05, 0) is 12.1 Å². The van der Waals surface area contributed by atoms with E-state index in [1.54, 1.807) is 14.2 Å². The Bertz CT molecular complexity index is 354. The lowest BCUT2D eigenvalue weighted by Crippen LogP contribution is -2.43. The molecule has 1 aromatic carbocycles. The SMILES string of the molecule is COc1ccc(N2CCNCC2)c(OC)c1.Cl. The minimum Gasteiger partial charge on any atom is -0.497 e. The molecule has 0 saturated carbocycles. The van der Waals surface area contributed by atoms with Crippen LogP contribution in [0.4, 0.5) is 5.69 Å². The van der Waals surface area contributed by atoms with E-state index in [-0.39, 0.29) is 12.4 Å². The number of nitrogens with zero attached hydrogens (tertiary/aromatic N) is 1. The molecule has 4 nitrogen and oxygen atoms in total. The largest absolute Gasteiger partial charge is 0.497 e. The summed E-state index contributed by atoms with van der Waals surface area (Å²) in [6.45, 7) is 4.08.